The summed E-state index contributed by atoms with van der Waals surface area (Å²) in [6.45, 7) is 2.33. The molecule has 2 rings (SSSR count). The van der Waals surface area contributed by atoms with E-state index in [1.54, 1.807) is 11.3 Å². The Morgan fingerprint density at radius 2 is 2.57 bits per heavy atom. The first-order chi connectivity index (χ1) is 6.72. The molecule has 0 aliphatic heterocycles. The van der Waals surface area contributed by atoms with Gasteiger partial charge in [0.05, 0.1) is 16.3 Å². The molecule has 0 amide bonds. The Balaban J connectivity index is 1.96. The van der Waals surface area contributed by atoms with E-state index in [1.165, 1.54) is 5.56 Å². The molecule has 1 aromatic heterocycles. The summed E-state index contributed by atoms with van der Waals surface area (Å²) in [6.07, 6.45) is 0.946. The van der Waals surface area contributed by atoms with Crippen molar-refractivity contribution in [3.63, 3.8) is 0 Å². The van der Waals surface area contributed by atoms with E-state index in [4.69, 9.17) is 4.74 Å². The van der Waals surface area contributed by atoms with Crippen LogP contribution in [0, 0.1) is 5.92 Å². The maximum absolute atomic E-state index is 11.4. The number of esters is 1. The summed E-state index contributed by atoms with van der Waals surface area (Å²) in [7, 11) is 0. The largest absolute Gasteiger partial charge is 0.466 e. The van der Waals surface area contributed by atoms with Gasteiger partial charge in [-0.2, -0.15) is 0 Å². The number of thiophene rings is 1. The molecule has 1 heterocycles. The van der Waals surface area contributed by atoms with Gasteiger partial charge in [-0.15, -0.1) is 11.3 Å². The molecule has 1 aromatic rings. The van der Waals surface area contributed by atoms with Crippen molar-refractivity contribution in [3.05, 3.63) is 20.8 Å². The maximum Gasteiger partial charge on any atom is 0.309 e. The molecule has 0 saturated heterocycles. The maximum atomic E-state index is 11.4. The van der Waals surface area contributed by atoms with Gasteiger partial charge in [0.1, 0.15) is 0 Å². The topological polar surface area (TPSA) is 26.3 Å². The number of halogens is 1. The highest BCUT2D eigenvalue weighted by Gasteiger charge is 2.45. The quantitative estimate of drug-likeness (QED) is 0.792. The second-order valence-corrected chi connectivity index (χ2v) is 5.68. The van der Waals surface area contributed by atoms with Gasteiger partial charge in [0.2, 0.25) is 0 Å². The van der Waals surface area contributed by atoms with Gasteiger partial charge in [0, 0.05) is 0 Å². The standard InChI is InChI=1S/C10H11BrO2S/c1-2-13-10(12)8-4-7(8)6-3-9(11)14-5-6/h3,5,7-8H,2,4H2,1H3. The molecule has 0 bridgehead atoms. The van der Waals surface area contributed by atoms with Crippen molar-refractivity contribution in [1.29, 1.82) is 0 Å². The summed E-state index contributed by atoms with van der Waals surface area (Å²) in [5.74, 6) is 0.466. The fourth-order valence-corrected chi connectivity index (χ4v) is 2.83. The van der Waals surface area contributed by atoms with Gasteiger partial charge in [-0.05, 0) is 52.2 Å². The molecule has 76 valence electrons. The smallest absolute Gasteiger partial charge is 0.309 e. The minimum Gasteiger partial charge on any atom is -0.466 e. The third-order valence-corrected chi connectivity index (χ3v) is 3.92. The van der Waals surface area contributed by atoms with Crippen molar-refractivity contribution in [3.8, 4) is 0 Å². The van der Waals surface area contributed by atoms with Crippen molar-refractivity contribution in [2.45, 2.75) is 19.3 Å². The van der Waals surface area contributed by atoms with Gasteiger partial charge in [-0.25, -0.2) is 0 Å². The number of carbonyl (C=O) groups excluding carboxylic acids is 1. The lowest BCUT2D eigenvalue weighted by Gasteiger charge is -1.98. The third kappa shape index (κ3) is 2.01. The Kier molecular flexibility index (Phi) is 2.93. The molecule has 4 heteroatoms. The number of hydrogen-bond acceptors (Lipinski definition) is 3. The number of ether oxygens (including phenoxy) is 1. The Morgan fingerprint density at radius 1 is 1.79 bits per heavy atom. The van der Waals surface area contributed by atoms with Crippen LogP contribution in [0.25, 0.3) is 0 Å². The van der Waals surface area contributed by atoms with Gasteiger partial charge in [0.25, 0.3) is 0 Å². The molecule has 2 atom stereocenters. The molecule has 2 nitrogen and oxygen atoms in total. The molecule has 1 fully saturated rings. The van der Waals surface area contributed by atoms with Gasteiger partial charge < -0.3 is 4.74 Å². The van der Waals surface area contributed by atoms with Crippen molar-refractivity contribution < 1.29 is 9.53 Å². The molecule has 0 N–H and O–H groups in total. The minimum atomic E-state index is -0.0418. The van der Waals surface area contributed by atoms with Gasteiger partial charge in [-0.3, -0.25) is 4.79 Å². The van der Waals surface area contributed by atoms with Crippen LogP contribution in [0.15, 0.2) is 15.2 Å². The average Bonchev–Trinajstić information content (AvgIpc) is 2.84. The first-order valence-electron chi connectivity index (χ1n) is 4.63. The van der Waals surface area contributed by atoms with E-state index < -0.39 is 0 Å². The van der Waals surface area contributed by atoms with Crippen LogP contribution in [0.5, 0.6) is 0 Å². The molecule has 2 unspecified atom stereocenters. The van der Waals surface area contributed by atoms with Gasteiger partial charge >= 0.3 is 5.97 Å². The highest BCUT2D eigenvalue weighted by molar-refractivity contribution is 9.11. The van der Waals surface area contributed by atoms with Crippen LogP contribution in [-0.4, -0.2) is 12.6 Å². The number of rotatable bonds is 3. The molecule has 0 spiro atoms. The monoisotopic (exact) mass is 274 g/mol. The van der Waals surface area contributed by atoms with E-state index in [9.17, 15) is 4.79 Å². The summed E-state index contributed by atoms with van der Waals surface area (Å²) in [6, 6.07) is 2.09. The van der Waals surface area contributed by atoms with Crippen molar-refractivity contribution >= 4 is 33.2 Å². The minimum absolute atomic E-state index is 0.0418. The molecule has 1 aliphatic rings. The molecule has 1 aliphatic carbocycles. The zero-order valence-corrected chi connectivity index (χ0v) is 10.2. The first-order valence-corrected chi connectivity index (χ1v) is 6.30. The summed E-state index contributed by atoms with van der Waals surface area (Å²) in [4.78, 5) is 11.4. The lowest BCUT2D eigenvalue weighted by atomic mass is 10.2. The van der Waals surface area contributed by atoms with Crippen LogP contribution in [0.1, 0.15) is 24.8 Å². The van der Waals surface area contributed by atoms with Crippen LogP contribution in [0.3, 0.4) is 0 Å². The highest BCUT2D eigenvalue weighted by atomic mass is 79.9. The van der Waals surface area contributed by atoms with E-state index in [2.05, 4.69) is 27.4 Å². The van der Waals surface area contributed by atoms with E-state index in [-0.39, 0.29) is 11.9 Å². The Morgan fingerprint density at radius 3 is 3.14 bits per heavy atom. The summed E-state index contributed by atoms with van der Waals surface area (Å²) < 4.78 is 6.10. The van der Waals surface area contributed by atoms with Crippen molar-refractivity contribution in [2.24, 2.45) is 5.92 Å². The number of carbonyl (C=O) groups is 1. The fraction of sp³-hybridized carbons (Fsp3) is 0.500. The highest BCUT2D eigenvalue weighted by Crippen LogP contribution is 2.49. The second-order valence-electron chi connectivity index (χ2n) is 3.38. The van der Waals surface area contributed by atoms with Gasteiger partial charge in [0.15, 0.2) is 0 Å². The Hall–Kier alpha value is -0.350. The molecule has 0 aromatic carbocycles. The molecule has 14 heavy (non-hydrogen) atoms. The summed E-state index contributed by atoms with van der Waals surface area (Å²) in [5, 5.41) is 2.11. The molecule has 0 radical (unpaired) electrons. The summed E-state index contributed by atoms with van der Waals surface area (Å²) >= 11 is 5.08. The van der Waals surface area contributed by atoms with E-state index in [1.807, 2.05) is 6.92 Å². The predicted octanol–water partition coefficient (Wildman–Crippen LogP) is 3.18. The van der Waals surface area contributed by atoms with Crippen LogP contribution < -0.4 is 0 Å². The molecule has 1 saturated carbocycles. The SMILES string of the molecule is CCOC(=O)C1CC1c1csc(Br)c1. The van der Waals surface area contributed by atoms with Crippen LogP contribution in [0.2, 0.25) is 0 Å². The number of hydrogen-bond donors (Lipinski definition) is 0. The first kappa shape index (κ1) is 10.2. The normalized spacial score (nSPS) is 24.7. The van der Waals surface area contributed by atoms with Crippen LogP contribution in [0.4, 0.5) is 0 Å². The third-order valence-electron chi connectivity index (χ3n) is 2.40. The Bertz CT molecular complexity index is 348. The van der Waals surface area contributed by atoms with Gasteiger partial charge in [-0.1, -0.05) is 0 Å². The summed E-state index contributed by atoms with van der Waals surface area (Å²) in [5.41, 5.74) is 1.26. The fourth-order valence-electron chi connectivity index (χ4n) is 1.59. The molecular formula is C10H11BrO2S. The molecular weight excluding hydrogens is 264 g/mol. The average molecular weight is 275 g/mol. The zero-order chi connectivity index (χ0) is 10.1. The zero-order valence-electron chi connectivity index (χ0n) is 7.83. The lowest BCUT2D eigenvalue weighted by Crippen LogP contribution is -2.06. The second kappa shape index (κ2) is 4.03. The van der Waals surface area contributed by atoms with E-state index in [0.29, 0.717) is 12.5 Å². The van der Waals surface area contributed by atoms with Crippen molar-refractivity contribution in [2.75, 3.05) is 6.61 Å². The van der Waals surface area contributed by atoms with Crippen LogP contribution in [-0.2, 0) is 9.53 Å². The Labute approximate surface area is 95.4 Å². The van der Waals surface area contributed by atoms with E-state index in [0.717, 1.165) is 10.2 Å². The van der Waals surface area contributed by atoms with Crippen LogP contribution >= 0.6 is 27.3 Å². The van der Waals surface area contributed by atoms with E-state index >= 15 is 0 Å². The predicted molar refractivity (Wildman–Crippen MR) is 59.5 cm³/mol. The van der Waals surface area contributed by atoms with Crippen molar-refractivity contribution in [1.82, 2.24) is 0 Å². The lowest BCUT2D eigenvalue weighted by molar-refractivity contribution is -0.144.